The highest BCUT2D eigenvalue weighted by molar-refractivity contribution is 6.22. The van der Waals surface area contributed by atoms with Crippen molar-refractivity contribution in [3.63, 3.8) is 0 Å². The molecule has 4 aromatic carbocycles. The lowest BCUT2D eigenvalue weighted by Gasteiger charge is -2.19. The molecule has 0 fully saturated rings. The summed E-state index contributed by atoms with van der Waals surface area (Å²) in [6.07, 6.45) is -0.405. The standard InChI is InChI=1S/C30H24O12/c1-12-8-13(11-21(34)15-2-5-18(31)28(40)25(15)37)10-14(9-12)22(23(35)16-3-6-19(32)29(41)26(16)38)24(36)17-4-7-20(33)30(42)27(17)39/h2-10,22,31-33,37-42H,11H2,1H3. The third-order valence-electron chi connectivity index (χ3n) is 6.60. The van der Waals surface area contributed by atoms with Crippen molar-refractivity contribution in [2.45, 2.75) is 19.3 Å². The molecule has 0 saturated carbocycles. The minimum absolute atomic E-state index is 0.0375. The van der Waals surface area contributed by atoms with Crippen LogP contribution in [-0.2, 0) is 6.42 Å². The first-order valence-electron chi connectivity index (χ1n) is 12.2. The Hall–Kier alpha value is -5.91. The smallest absolute Gasteiger partial charge is 0.201 e. The summed E-state index contributed by atoms with van der Waals surface area (Å²) in [5.74, 6) is -12.7. The number of phenols is 9. The van der Waals surface area contributed by atoms with Crippen molar-refractivity contribution < 1.29 is 60.3 Å². The minimum Gasteiger partial charge on any atom is -0.504 e. The maximum atomic E-state index is 13.8. The summed E-state index contributed by atoms with van der Waals surface area (Å²) in [6.45, 7) is 1.58. The Bertz CT molecular complexity index is 1700. The Labute approximate surface area is 236 Å². The van der Waals surface area contributed by atoms with E-state index in [-0.39, 0.29) is 16.7 Å². The van der Waals surface area contributed by atoms with Crippen LogP contribution in [0.3, 0.4) is 0 Å². The zero-order valence-electron chi connectivity index (χ0n) is 21.7. The monoisotopic (exact) mass is 576 g/mol. The highest BCUT2D eigenvalue weighted by atomic mass is 16.3. The third-order valence-corrected chi connectivity index (χ3v) is 6.60. The first-order chi connectivity index (χ1) is 19.7. The fraction of sp³-hybridized carbons (Fsp3) is 0.100. The summed E-state index contributed by atoms with van der Waals surface area (Å²) in [7, 11) is 0. The van der Waals surface area contributed by atoms with Gasteiger partial charge in [0.2, 0.25) is 17.2 Å². The van der Waals surface area contributed by atoms with Gasteiger partial charge in [0.05, 0.1) is 16.7 Å². The van der Waals surface area contributed by atoms with Gasteiger partial charge in [-0.2, -0.15) is 0 Å². The van der Waals surface area contributed by atoms with Crippen LogP contribution in [0.2, 0.25) is 0 Å². The molecule has 0 spiro atoms. The molecule has 4 aromatic rings. The number of aryl methyl sites for hydroxylation is 1. The molecule has 0 radical (unpaired) electrons. The highest BCUT2D eigenvalue weighted by Crippen LogP contribution is 2.43. The first kappa shape index (κ1) is 29.1. The van der Waals surface area contributed by atoms with Crippen molar-refractivity contribution in [2.24, 2.45) is 0 Å². The molecule has 42 heavy (non-hydrogen) atoms. The van der Waals surface area contributed by atoms with Crippen LogP contribution in [0.25, 0.3) is 0 Å². The van der Waals surface area contributed by atoms with Crippen LogP contribution in [0, 0.1) is 6.92 Å². The van der Waals surface area contributed by atoms with Gasteiger partial charge in [-0.1, -0.05) is 23.8 Å². The summed E-state index contributed by atoms with van der Waals surface area (Å²) in [5.41, 5.74) is -0.808. The summed E-state index contributed by atoms with van der Waals surface area (Å²) in [4.78, 5) is 40.5. The second kappa shape index (κ2) is 10.9. The van der Waals surface area contributed by atoms with E-state index in [0.29, 0.717) is 5.56 Å². The molecule has 12 heteroatoms. The second-order valence-electron chi connectivity index (χ2n) is 9.50. The molecule has 0 aromatic heterocycles. The van der Waals surface area contributed by atoms with E-state index in [1.807, 2.05) is 0 Å². The Morgan fingerprint density at radius 1 is 0.548 bits per heavy atom. The van der Waals surface area contributed by atoms with Crippen LogP contribution >= 0.6 is 0 Å². The zero-order chi connectivity index (χ0) is 31.0. The van der Waals surface area contributed by atoms with Gasteiger partial charge in [-0.25, -0.2) is 0 Å². The molecule has 12 nitrogen and oxygen atoms in total. The second-order valence-corrected chi connectivity index (χ2v) is 9.50. The molecule has 0 atom stereocenters. The number of hydrogen-bond donors (Lipinski definition) is 9. The van der Waals surface area contributed by atoms with Crippen molar-refractivity contribution in [2.75, 3.05) is 0 Å². The maximum Gasteiger partial charge on any atom is 0.201 e. The number of hydrogen-bond acceptors (Lipinski definition) is 12. The normalized spacial score (nSPS) is 11.0. The summed E-state index contributed by atoms with van der Waals surface area (Å²) in [6, 6.07) is 10.1. The van der Waals surface area contributed by atoms with Gasteiger partial charge in [0.25, 0.3) is 0 Å². The van der Waals surface area contributed by atoms with E-state index in [0.717, 1.165) is 36.4 Å². The molecular formula is C30H24O12. The van der Waals surface area contributed by atoms with Crippen LogP contribution in [0.15, 0.2) is 54.6 Å². The average molecular weight is 577 g/mol. The largest absolute Gasteiger partial charge is 0.504 e. The van der Waals surface area contributed by atoms with Gasteiger partial charge in [-0.15, -0.1) is 0 Å². The van der Waals surface area contributed by atoms with E-state index in [1.165, 1.54) is 12.1 Å². The average Bonchev–Trinajstić information content (AvgIpc) is 2.93. The fourth-order valence-corrected chi connectivity index (χ4v) is 4.51. The number of phenolic OH excluding ortho intramolecular Hbond substituents is 9. The van der Waals surface area contributed by atoms with Gasteiger partial charge in [0, 0.05) is 6.42 Å². The van der Waals surface area contributed by atoms with Crippen LogP contribution in [0.5, 0.6) is 51.7 Å². The van der Waals surface area contributed by atoms with E-state index in [1.54, 1.807) is 13.0 Å². The number of Topliss-reactive ketones (excluding diaryl/α,β-unsaturated/α-hetero) is 3. The number of benzene rings is 4. The molecular weight excluding hydrogens is 552 g/mol. The van der Waals surface area contributed by atoms with Crippen LogP contribution in [-0.4, -0.2) is 63.3 Å². The quantitative estimate of drug-likeness (QED) is 0.0831. The molecule has 4 rings (SSSR count). The Morgan fingerprint density at radius 2 is 0.952 bits per heavy atom. The van der Waals surface area contributed by atoms with Gasteiger partial charge in [0.15, 0.2) is 51.8 Å². The lowest BCUT2D eigenvalue weighted by atomic mass is 9.82. The van der Waals surface area contributed by atoms with Gasteiger partial charge >= 0.3 is 0 Å². The van der Waals surface area contributed by atoms with E-state index in [2.05, 4.69) is 0 Å². The molecule has 216 valence electrons. The molecule has 0 aliphatic rings. The van der Waals surface area contributed by atoms with Gasteiger partial charge in [0.1, 0.15) is 5.92 Å². The van der Waals surface area contributed by atoms with E-state index >= 15 is 0 Å². The number of carbonyl (C=O) groups is 3. The highest BCUT2D eigenvalue weighted by Gasteiger charge is 2.35. The zero-order valence-corrected chi connectivity index (χ0v) is 21.7. The SMILES string of the molecule is Cc1cc(CC(=O)c2ccc(O)c(O)c2O)cc(C(C(=O)c2ccc(O)c(O)c2O)C(=O)c2ccc(O)c(O)c2O)c1. The Kier molecular flexibility index (Phi) is 7.57. The molecule has 0 unspecified atom stereocenters. The number of rotatable bonds is 8. The van der Waals surface area contributed by atoms with E-state index in [9.17, 15) is 60.3 Å². The van der Waals surface area contributed by atoms with Crippen molar-refractivity contribution >= 4 is 17.3 Å². The van der Waals surface area contributed by atoms with Crippen LogP contribution in [0.4, 0.5) is 0 Å². The van der Waals surface area contributed by atoms with Gasteiger partial charge in [-0.05, 0) is 54.4 Å². The number of ketones is 3. The topological polar surface area (TPSA) is 233 Å². The first-order valence-corrected chi connectivity index (χ1v) is 12.2. The van der Waals surface area contributed by atoms with Crippen molar-refractivity contribution in [3.05, 3.63) is 88.0 Å². The summed E-state index contributed by atoms with van der Waals surface area (Å²) >= 11 is 0. The lowest BCUT2D eigenvalue weighted by molar-refractivity contribution is 0.0856. The molecule has 0 aliphatic carbocycles. The van der Waals surface area contributed by atoms with Crippen LogP contribution < -0.4 is 0 Å². The van der Waals surface area contributed by atoms with Crippen molar-refractivity contribution in [3.8, 4) is 51.7 Å². The van der Waals surface area contributed by atoms with Gasteiger partial charge < -0.3 is 46.0 Å². The number of aromatic hydroxyl groups is 9. The van der Waals surface area contributed by atoms with Crippen molar-refractivity contribution in [1.29, 1.82) is 0 Å². The Morgan fingerprint density at radius 3 is 1.40 bits per heavy atom. The summed E-state index contributed by atoms with van der Waals surface area (Å²) < 4.78 is 0. The van der Waals surface area contributed by atoms with E-state index in [4.69, 9.17) is 0 Å². The molecule has 0 amide bonds. The fourth-order valence-electron chi connectivity index (χ4n) is 4.51. The minimum atomic E-state index is -1.85. The lowest BCUT2D eigenvalue weighted by Crippen LogP contribution is -2.23. The molecule has 9 N–H and O–H groups in total. The maximum absolute atomic E-state index is 13.8. The predicted molar refractivity (Wildman–Crippen MR) is 145 cm³/mol. The third kappa shape index (κ3) is 5.16. The van der Waals surface area contributed by atoms with E-state index < -0.39 is 92.6 Å². The molecule has 0 heterocycles. The molecule has 0 bridgehead atoms. The number of carbonyl (C=O) groups excluding carboxylic acids is 3. The van der Waals surface area contributed by atoms with Gasteiger partial charge in [-0.3, -0.25) is 14.4 Å². The summed E-state index contributed by atoms with van der Waals surface area (Å²) in [5, 5.41) is 89.6. The van der Waals surface area contributed by atoms with Crippen LogP contribution in [0.1, 0.15) is 53.7 Å². The predicted octanol–water partition coefficient (Wildman–Crippen LogP) is 3.62. The Balaban J connectivity index is 1.85. The van der Waals surface area contributed by atoms with Crippen molar-refractivity contribution in [1.82, 2.24) is 0 Å². The molecule has 0 saturated heterocycles. The molecule has 0 aliphatic heterocycles.